The van der Waals surface area contributed by atoms with Crippen LogP contribution in [0.2, 0.25) is 0 Å². The highest BCUT2D eigenvalue weighted by Gasteiger charge is 2.08. The molecule has 96 valence electrons. The van der Waals surface area contributed by atoms with Gasteiger partial charge >= 0.3 is 0 Å². The minimum Gasteiger partial charge on any atom is -0.396 e. The highest BCUT2D eigenvalue weighted by molar-refractivity contribution is 5.76. The number of aliphatic hydroxyl groups excluding tert-OH is 1. The van der Waals surface area contributed by atoms with Crippen molar-refractivity contribution in [2.75, 3.05) is 13.2 Å². The van der Waals surface area contributed by atoms with Crippen LogP contribution in [0.25, 0.3) is 0 Å². The van der Waals surface area contributed by atoms with Crippen LogP contribution >= 0.6 is 0 Å². The van der Waals surface area contributed by atoms with E-state index < -0.39 is 0 Å². The van der Waals surface area contributed by atoms with E-state index in [1.165, 1.54) is 0 Å². The SMILES string of the molecule is Cc1nn(C)cc1CCC(=O)NCC(C)CO. The Hall–Kier alpha value is -1.36. The van der Waals surface area contributed by atoms with E-state index >= 15 is 0 Å². The van der Waals surface area contributed by atoms with Crippen LogP contribution in [-0.4, -0.2) is 33.9 Å². The van der Waals surface area contributed by atoms with Gasteiger partial charge in [0, 0.05) is 32.8 Å². The number of aryl methyl sites for hydroxylation is 3. The standard InChI is InChI=1S/C12H21N3O2/c1-9(8-16)6-13-12(17)5-4-11-7-15(3)14-10(11)2/h7,9,16H,4-6,8H2,1-3H3,(H,13,17). The van der Waals surface area contributed by atoms with Crippen molar-refractivity contribution in [1.29, 1.82) is 0 Å². The Morgan fingerprint density at radius 2 is 2.35 bits per heavy atom. The van der Waals surface area contributed by atoms with E-state index in [0.717, 1.165) is 11.3 Å². The lowest BCUT2D eigenvalue weighted by molar-refractivity contribution is -0.121. The Morgan fingerprint density at radius 1 is 1.65 bits per heavy atom. The third-order valence-corrected chi connectivity index (χ3v) is 2.70. The van der Waals surface area contributed by atoms with E-state index in [0.29, 0.717) is 19.4 Å². The van der Waals surface area contributed by atoms with Crippen molar-refractivity contribution in [3.63, 3.8) is 0 Å². The average molecular weight is 239 g/mol. The molecule has 1 aromatic heterocycles. The van der Waals surface area contributed by atoms with Gasteiger partial charge in [0.1, 0.15) is 0 Å². The van der Waals surface area contributed by atoms with Gasteiger partial charge in [0.15, 0.2) is 0 Å². The minimum absolute atomic E-state index is 0.0218. The molecule has 0 radical (unpaired) electrons. The molecule has 0 aromatic carbocycles. The van der Waals surface area contributed by atoms with Gasteiger partial charge in [0.2, 0.25) is 5.91 Å². The molecule has 0 aliphatic carbocycles. The van der Waals surface area contributed by atoms with E-state index in [1.807, 2.05) is 27.1 Å². The Balaban J connectivity index is 2.31. The van der Waals surface area contributed by atoms with E-state index in [1.54, 1.807) is 4.68 Å². The summed E-state index contributed by atoms with van der Waals surface area (Å²) in [5.41, 5.74) is 2.09. The summed E-state index contributed by atoms with van der Waals surface area (Å²) in [5.74, 6) is 0.132. The number of hydrogen-bond donors (Lipinski definition) is 2. The summed E-state index contributed by atoms with van der Waals surface area (Å²) < 4.78 is 1.76. The maximum atomic E-state index is 11.5. The van der Waals surface area contributed by atoms with Crippen molar-refractivity contribution >= 4 is 5.91 Å². The van der Waals surface area contributed by atoms with Gasteiger partial charge in [-0.15, -0.1) is 0 Å². The van der Waals surface area contributed by atoms with Crippen molar-refractivity contribution < 1.29 is 9.90 Å². The molecule has 2 N–H and O–H groups in total. The Kier molecular flexibility index (Phi) is 5.15. The average Bonchev–Trinajstić information content (AvgIpc) is 2.62. The van der Waals surface area contributed by atoms with Crippen LogP contribution in [0.15, 0.2) is 6.20 Å². The van der Waals surface area contributed by atoms with Gasteiger partial charge in [-0.25, -0.2) is 0 Å². The summed E-state index contributed by atoms with van der Waals surface area (Å²) in [6.07, 6.45) is 3.11. The third kappa shape index (κ3) is 4.56. The normalized spacial score (nSPS) is 12.5. The number of rotatable bonds is 6. The molecule has 1 atom stereocenters. The fourth-order valence-electron chi connectivity index (χ4n) is 1.58. The van der Waals surface area contributed by atoms with Crippen LogP contribution < -0.4 is 5.32 Å². The van der Waals surface area contributed by atoms with Gasteiger partial charge in [-0.05, 0) is 24.8 Å². The summed E-state index contributed by atoms with van der Waals surface area (Å²) in [6, 6.07) is 0. The first-order valence-electron chi connectivity index (χ1n) is 5.89. The predicted molar refractivity (Wildman–Crippen MR) is 65.5 cm³/mol. The van der Waals surface area contributed by atoms with Crippen LogP contribution in [0.5, 0.6) is 0 Å². The van der Waals surface area contributed by atoms with E-state index in [4.69, 9.17) is 5.11 Å². The number of aromatic nitrogens is 2. The highest BCUT2D eigenvalue weighted by atomic mass is 16.3. The molecule has 17 heavy (non-hydrogen) atoms. The molecular weight excluding hydrogens is 218 g/mol. The first-order valence-corrected chi connectivity index (χ1v) is 5.89. The Morgan fingerprint density at radius 3 is 2.88 bits per heavy atom. The molecule has 1 amide bonds. The van der Waals surface area contributed by atoms with Crippen LogP contribution in [0.1, 0.15) is 24.6 Å². The molecule has 0 spiro atoms. The topological polar surface area (TPSA) is 67.2 Å². The second-order valence-corrected chi connectivity index (χ2v) is 4.51. The number of hydrogen-bond acceptors (Lipinski definition) is 3. The molecule has 5 nitrogen and oxygen atoms in total. The largest absolute Gasteiger partial charge is 0.396 e. The molecule has 0 aliphatic heterocycles. The quantitative estimate of drug-likeness (QED) is 0.755. The van der Waals surface area contributed by atoms with Gasteiger partial charge in [-0.3, -0.25) is 9.48 Å². The van der Waals surface area contributed by atoms with Crippen molar-refractivity contribution in [1.82, 2.24) is 15.1 Å². The second kappa shape index (κ2) is 6.39. The molecule has 0 bridgehead atoms. The number of carbonyl (C=O) groups excluding carboxylic acids is 1. The molecular formula is C12H21N3O2. The van der Waals surface area contributed by atoms with Crippen LogP contribution in [0.4, 0.5) is 0 Å². The molecule has 5 heteroatoms. The third-order valence-electron chi connectivity index (χ3n) is 2.70. The van der Waals surface area contributed by atoms with E-state index in [2.05, 4.69) is 10.4 Å². The van der Waals surface area contributed by atoms with Crippen LogP contribution in [-0.2, 0) is 18.3 Å². The lowest BCUT2D eigenvalue weighted by Gasteiger charge is -2.09. The Labute approximate surface area is 102 Å². The van der Waals surface area contributed by atoms with Crippen molar-refractivity contribution in [2.45, 2.75) is 26.7 Å². The summed E-state index contributed by atoms with van der Waals surface area (Å²) in [4.78, 5) is 11.5. The number of aliphatic hydroxyl groups is 1. The van der Waals surface area contributed by atoms with Gasteiger partial charge in [-0.1, -0.05) is 6.92 Å². The molecule has 1 aromatic rings. The van der Waals surface area contributed by atoms with Crippen molar-refractivity contribution in [2.24, 2.45) is 13.0 Å². The molecule has 1 rings (SSSR count). The molecule has 0 fully saturated rings. The smallest absolute Gasteiger partial charge is 0.220 e. The van der Waals surface area contributed by atoms with Gasteiger partial charge in [-0.2, -0.15) is 5.10 Å². The number of nitrogens with one attached hydrogen (secondary N) is 1. The summed E-state index contributed by atoms with van der Waals surface area (Å²) in [6.45, 7) is 4.47. The summed E-state index contributed by atoms with van der Waals surface area (Å²) in [5, 5.41) is 15.9. The highest BCUT2D eigenvalue weighted by Crippen LogP contribution is 2.07. The predicted octanol–water partition coefficient (Wildman–Crippen LogP) is 0.406. The molecule has 1 unspecified atom stereocenters. The second-order valence-electron chi connectivity index (χ2n) is 4.51. The maximum Gasteiger partial charge on any atom is 0.220 e. The number of carbonyl (C=O) groups is 1. The summed E-state index contributed by atoms with van der Waals surface area (Å²) >= 11 is 0. The minimum atomic E-state index is 0.0218. The maximum absolute atomic E-state index is 11.5. The first kappa shape index (κ1) is 13.7. The van der Waals surface area contributed by atoms with Crippen molar-refractivity contribution in [3.05, 3.63) is 17.5 Å². The first-order chi connectivity index (χ1) is 8.02. The van der Waals surface area contributed by atoms with Crippen LogP contribution in [0.3, 0.4) is 0 Å². The fourth-order valence-corrected chi connectivity index (χ4v) is 1.58. The molecule has 0 saturated heterocycles. The summed E-state index contributed by atoms with van der Waals surface area (Å²) in [7, 11) is 1.87. The zero-order valence-electron chi connectivity index (χ0n) is 10.7. The molecule has 0 aliphatic rings. The fraction of sp³-hybridized carbons (Fsp3) is 0.667. The molecule has 0 saturated carbocycles. The van der Waals surface area contributed by atoms with E-state index in [9.17, 15) is 4.79 Å². The monoisotopic (exact) mass is 239 g/mol. The zero-order chi connectivity index (χ0) is 12.8. The number of nitrogens with zero attached hydrogens (tertiary/aromatic N) is 2. The van der Waals surface area contributed by atoms with Gasteiger partial charge < -0.3 is 10.4 Å². The lowest BCUT2D eigenvalue weighted by atomic mass is 10.1. The lowest BCUT2D eigenvalue weighted by Crippen LogP contribution is -2.29. The van der Waals surface area contributed by atoms with Gasteiger partial charge in [0.05, 0.1) is 5.69 Å². The van der Waals surface area contributed by atoms with E-state index in [-0.39, 0.29) is 18.4 Å². The number of amides is 1. The van der Waals surface area contributed by atoms with Crippen LogP contribution in [0, 0.1) is 12.8 Å². The zero-order valence-corrected chi connectivity index (χ0v) is 10.7. The van der Waals surface area contributed by atoms with Crippen molar-refractivity contribution in [3.8, 4) is 0 Å². The Bertz CT molecular complexity index is 374. The molecule has 1 heterocycles. The van der Waals surface area contributed by atoms with Gasteiger partial charge in [0.25, 0.3) is 0 Å².